The van der Waals surface area contributed by atoms with Crippen molar-refractivity contribution in [3.05, 3.63) is 5.82 Å². The van der Waals surface area contributed by atoms with Crippen molar-refractivity contribution < 1.29 is 22.0 Å². The van der Waals surface area contributed by atoms with E-state index in [1.165, 1.54) is 0 Å². The summed E-state index contributed by atoms with van der Waals surface area (Å²) in [5.74, 6) is -3.19. The molecule has 21 heavy (non-hydrogen) atoms. The number of aromatic nitrogens is 4. The van der Waals surface area contributed by atoms with E-state index in [0.29, 0.717) is 0 Å². The van der Waals surface area contributed by atoms with Crippen LogP contribution in [0.15, 0.2) is 0 Å². The topological polar surface area (TPSA) is 55.6 Å². The van der Waals surface area contributed by atoms with Gasteiger partial charge < -0.3 is 5.32 Å². The largest absolute Gasteiger partial charge is 0.401 e. The minimum Gasteiger partial charge on any atom is -0.317 e. The van der Waals surface area contributed by atoms with Gasteiger partial charge in [0.05, 0.1) is 6.04 Å². The zero-order valence-electron chi connectivity index (χ0n) is 11.0. The SMILES string of the molecule is FC1(F)CC(n2nnc(C3(C(F)(F)F)CCNCC3)n2)C1. The van der Waals surface area contributed by atoms with E-state index in [-0.39, 0.29) is 25.9 Å². The number of tetrazole rings is 1. The fraction of sp³-hybridized carbons (Fsp3) is 0.909. The molecule has 1 aliphatic carbocycles. The first-order valence-electron chi connectivity index (χ1n) is 6.69. The van der Waals surface area contributed by atoms with E-state index in [1.807, 2.05) is 0 Å². The Hall–Kier alpha value is -1.32. The summed E-state index contributed by atoms with van der Waals surface area (Å²) in [6, 6.07) is -0.673. The smallest absolute Gasteiger partial charge is 0.317 e. The van der Waals surface area contributed by atoms with Crippen LogP contribution in [0.1, 0.15) is 37.5 Å². The Morgan fingerprint density at radius 3 is 2.29 bits per heavy atom. The van der Waals surface area contributed by atoms with E-state index in [9.17, 15) is 22.0 Å². The summed E-state index contributed by atoms with van der Waals surface area (Å²) >= 11 is 0. The van der Waals surface area contributed by atoms with E-state index in [1.54, 1.807) is 0 Å². The highest BCUT2D eigenvalue weighted by Crippen LogP contribution is 2.47. The highest BCUT2D eigenvalue weighted by Gasteiger charge is 2.59. The number of nitrogens with one attached hydrogen (secondary N) is 1. The van der Waals surface area contributed by atoms with Gasteiger partial charge >= 0.3 is 6.18 Å². The molecule has 10 heteroatoms. The van der Waals surface area contributed by atoms with E-state index < -0.39 is 42.2 Å². The Morgan fingerprint density at radius 2 is 1.76 bits per heavy atom. The third-order valence-corrected chi connectivity index (χ3v) is 4.25. The number of hydrogen-bond donors (Lipinski definition) is 1. The molecule has 0 radical (unpaired) electrons. The zero-order chi connectivity index (χ0) is 15.3. The fourth-order valence-electron chi connectivity index (χ4n) is 2.85. The van der Waals surface area contributed by atoms with Crippen molar-refractivity contribution in [2.75, 3.05) is 13.1 Å². The zero-order valence-corrected chi connectivity index (χ0v) is 11.0. The van der Waals surface area contributed by atoms with Crippen LogP contribution in [0, 0.1) is 0 Å². The number of halogens is 5. The van der Waals surface area contributed by atoms with Crippen molar-refractivity contribution in [3.63, 3.8) is 0 Å². The standard InChI is InChI=1S/C11H14F5N5/c12-10(13)5-7(6-10)21-19-8(18-20-21)9(11(14,15)16)1-3-17-4-2-9/h7,17H,1-6H2. The van der Waals surface area contributed by atoms with Crippen LogP contribution in [-0.2, 0) is 5.41 Å². The molecule has 1 aromatic heterocycles. The molecule has 1 saturated carbocycles. The molecule has 0 aromatic carbocycles. The molecule has 2 fully saturated rings. The third-order valence-electron chi connectivity index (χ3n) is 4.25. The van der Waals surface area contributed by atoms with E-state index in [0.717, 1.165) is 4.80 Å². The minimum absolute atomic E-state index is 0.178. The normalized spacial score (nSPS) is 25.6. The molecule has 0 spiro atoms. The summed E-state index contributed by atoms with van der Waals surface area (Å²) in [5.41, 5.74) is -2.14. The van der Waals surface area contributed by atoms with Crippen LogP contribution >= 0.6 is 0 Å². The number of rotatable bonds is 2. The predicted molar refractivity (Wildman–Crippen MR) is 60.9 cm³/mol. The van der Waals surface area contributed by atoms with Crippen molar-refractivity contribution >= 4 is 0 Å². The van der Waals surface area contributed by atoms with Gasteiger partial charge in [-0.05, 0) is 31.1 Å². The molecule has 1 aliphatic heterocycles. The molecule has 1 N–H and O–H groups in total. The lowest BCUT2D eigenvalue weighted by atomic mass is 9.77. The van der Waals surface area contributed by atoms with Crippen LogP contribution in [-0.4, -0.2) is 45.4 Å². The van der Waals surface area contributed by atoms with E-state index in [2.05, 4.69) is 20.7 Å². The van der Waals surface area contributed by atoms with Crippen molar-refractivity contribution in [1.29, 1.82) is 0 Å². The lowest BCUT2D eigenvalue weighted by Crippen LogP contribution is -2.50. The summed E-state index contributed by atoms with van der Waals surface area (Å²) in [7, 11) is 0. The molecule has 2 aliphatic rings. The Kier molecular flexibility index (Phi) is 3.19. The van der Waals surface area contributed by atoms with Crippen LogP contribution in [0.4, 0.5) is 22.0 Å². The molecule has 0 bridgehead atoms. The summed E-state index contributed by atoms with van der Waals surface area (Å²) in [6.07, 6.45) is -5.76. The number of hydrogen-bond acceptors (Lipinski definition) is 4. The van der Waals surface area contributed by atoms with Crippen LogP contribution in [0.2, 0.25) is 0 Å². The monoisotopic (exact) mass is 311 g/mol. The summed E-state index contributed by atoms with van der Waals surface area (Å²) < 4.78 is 66.0. The highest BCUT2D eigenvalue weighted by molar-refractivity contribution is 5.12. The summed E-state index contributed by atoms with van der Waals surface area (Å²) in [5, 5.41) is 13.7. The van der Waals surface area contributed by atoms with Gasteiger partial charge in [0.25, 0.3) is 5.92 Å². The Bertz CT molecular complexity index is 511. The summed E-state index contributed by atoms with van der Waals surface area (Å²) in [4.78, 5) is 0.905. The maximum absolute atomic E-state index is 13.4. The van der Waals surface area contributed by atoms with E-state index in [4.69, 9.17) is 0 Å². The quantitative estimate of drug-likeness (QED) is 0.847. The van der Waals surface area contributed by atoms with Gasteiger partial charge in [0, 0.05) is 12.8 Å². The molecular formula is C11H14F5N5. The van der Waals surface area contributed by atoms with Crippen LogP contribution in [0.25, 0.3) is 0 Å². The molecule has 1 saturated heterocycles. The molecule has 0 unspecified atom stereocenters. The van der Waals surface area contributed by atoms with Crippen molar-refractivity contribution in [3.8, 4) is 0 Å². The maximum atomic E-state index is 13.4. The molecule has 0 amide bonds. The van der Waals surface area contributed by atoms with Gasteiger partial charge in [-0.2, -0.15) is 18.0 Å². The van der Waals surface area contributed by atoms with E-state index >= 15 is 0 Å². The molecule has 118 valence electrons. The van der Waals surface area contributed by atoms with Gasteiger partial charge in [-0.15, -0.1) is 10.2 Å². The van der Waals surface area contributed by atoms with Crippen LogP contribution in [0.5, 0.6) is 0 Å². The van der Waals surface area contributed by atoms with Gasteiger partial charge in [0.1, 0.15) is 5.41 Å². The van der Waals surface area contributed by atoms with Gasteiger partial charge in [-0.3, -0.25) is 0 Å². The Morgan fingerprint density at radius 1 is 1.14 bits per heavy atom. The first-order chi connectivity index (χ1) is 9.74. The number of nitrogens with zero attached hydrogens (tertiary/aromatic N) is 4. The van der Waals surface area contributed by atoms with Crippen LogP contribution in [0.3, 0.4) is 0 Å². The van der Waals surface area contributed by atoms with Gasteiger partial charge in [-0.25, -0.2) is 8.78 Å². The van der Waals surface area contributed by atoms with Crippen molar-refractivity contribution in [1.82, 2.24) is 25.5 Å². The number of piperidine rings is 1. The van der Waals surface area contributed by atoms with Crippen LogP contribution < -0.4 is 5.32 Å². The highest BCUT2D eigenvalue weighted by atomic mass is 19.4. The molecule has 2 heterocycles. The Balaban J connectivity index is 1.86. The maximum Gasteiger partial charge on any atom is 0.401 e. The summed E-state index contributed by atoms with van der Waals surface area (Å²) in [6.45, 7) is 0.408. The third kappa shape index (κ3) is 2.39. The average Bonchev–Trinajstić information content (AvgIpc) is 2.85. The second-order valence-electron chi connectivity index (χ2n) is 5.68. The van der Waals surface area contributed by atoms with Crippen molar-refractivity contribution in [2.45, 2.75) is 49.2 Å². The van der Waals surface area contributed by atoms with Gasteiger partial charge in [-0.1, -0.05) is 0 Å². The first kappa shape index (κ1) is 14.6. The molecular weight excluding hydrogens is 297 g/mol. The molecule has 0 atom stereocenters. The Labute approximate surface area is 116 Å². The molecule has 5 nitrogen and oxygen atoms in total. The lowest BCUT2D eigenvalue weighted by Gasteiger charge is -2.36. The molecule has 3 rings (SSSR count). The second-order valence-corrected chi connectivity index (χ2v) is 5.68. The first-order valence-corrected chi connectivity index (χ1v) is 6.69. The average molecular weight is 311 g/mol. The van der Waals surface area contributed by atoms with Crippen molar-refractivity contribution in [2.24, 2.45) is 0 Å². The predicted octanol–water partition coefficient (Wildman–Crippen LogP) is 1.83. The molecule has 1 aromatic rings. The number of alkyl halides is 5. The van der Waals surface area contributed by atoms with Gasteiger partial charge in [0.15, 0.2) is 5.82 Å². The minimum atomic E-state index is -4.49. The second kappa shape index (κ2) is 4.59. The lowest BCUT2D eigenvalue weighted by molar-refractivity contribution is -0.200. The fourth-order valence-corrected chi connectivity index (χ4v) is 2.85. The van der Waals surface area contributed by atoms with Gasteiger partial charge in [0.2, 0.25) is 0 Å².